The van der Waals surface area contributed by atoms with Crippen LogP contribution in [-0.4, -0.2) is 24.6 Å². The summed E-state index contributed by atoms with van der Waals surface area (Å²) in [5.74, 6) is 0. The molecule has 0 radical (unpaired) electrons. The first-order chi connectivity index (χ1) is 7.64. The number of nitrogens with one attached hydrogen (secondary N) is 1. The van der Waals surface area contributed by atoms with Crippen LogP contribution >= 0.6 is 0 Å². The topological polar surface area (TPSA) is 96.4 Å². The molecule has 0 aliphatic carbocycles. The number of halogens is 3. The summed E-state index contributed by atoms with van der Waals surface area (Å²) in [6.45, 7) is 0. The maximum absolute atomic E-state index is 12.4. The van der Waals surface area contributed by atoms with E-state index in [1.165, 1.54) is 0 Å². The summed E-state index contributed by atoms with van der Waals surface area (Å²) >= 11 is 0. The van der Waals surface area contributed by atoms with Crippen LogP contribution in [0.25, 0.3) is 0 Å². The highest BCUT2D eigenvalue weighted by molar-refractivity contribution is 7.90. The summed E-state index contributed by atoms with van der Waals surface area (Å²) in [4.78, 5) is 13.2. The van der Waals surface area contributed by atoms with Crippen molar-refractivity contribution in [3.8, 4) is 0 Å². The van der Waals surface area contributed by atoms with Gasteiger partial charge < -0.3 is 5.11 Å². The summed E-state index contributed by atoms with van der Waals surface area (Å²) in [6, 6.07) is 1.38. The molecule has 2 N–H and O–H groups in total. The lowest BCUT2D eigenvalue weighted by Crippen LogP contribution is -2.31. The normalized spacial score (nSPS) is 12.2. The van der Waals surface area contributed by atoms with Gasteiger partial charge in [-0.05, 0) is 12.1 Å². The summed E-state index contributed by atoms with van der Waals surface area (Å²) < 4.78 is 60.8. The number of aromatic nitrogens is 1. The van der Waals surface area contributed by atoms with Gasteiger partial charge in [-0.3, -0.25) is 0 Å². The Morgan fingerprint density at radius 1 is 1.41 bits per heavy atom. The largest absolute Gasteiger partial charge is 0.464 e. The number of amides is 1. The first kappa shape index (κ1) is 13.2. The Morgan fingerprint density at radius 3 is 2.47 bits per heavy atom. The maximum Gasteiger partial charge on any atom is 0.419 e. The minimum Gasteiger partial charge on any atom is -0.464 e. The van der Waals surface area contributed by atoms with Gasteiger partial charge in [-0.25, -0.2) is 14.5 Å². The number of nitrogens with zero attached hydrogens (tertiary/aromatic N) is 1. The number of hydrogen-bond donors (Lipinski definition) is 2. The Kier molecular flexibility index (Phi) is 3.27. The fourth-order valence-electron chi connectivity index (χ4n) is 0.984. The number of alkyl halides is 3. The zero-order valence-electron chi connectivity index (χ0n) is 7.89. The van der Waals surface area contributed by atoms with Crippen LogP contribution in [0, 0.1) is 0 Å². The van der Waals surface area contributed by atoms with Crippen LogP contribution in [0.15, 0.2) is 23.4 Å². The third-order valence-electron chi connectivity index (χ3n) is 1.55. The van der Waals surface area contributed by atoms with Crippen LogP contribution in [0.5, 0.6) is 0 Å². The maximum atomic E-state index is 12.4. The number of carboxylic acid groups (broad SMARTS) is 1. The van der Waals surface area contributed by atoms with Gasteiger partial charge in [0.1, 0.15) is 0 Å². The van der Waals surface area contributed by atoms with Crippen molar-refractivity contribution in [1.29, 1.82) is 0 Å². The van der Waals surface area contributed by atoms with Crippen LogP contribution in [0.1, 0.15) is 5.56 Å². The van der Waals surface area contributed by atoms with Crippen molar-refractivity contribution >= 4 is 16.1 Å². The molecule has 0 aliphatic heterocycles. The monoisotopic (exact) mass is 270 g/mol. The van der Waals surface area contributed by atoms with E-state index in [0.717, 1.165) is 17.0 Å². The second kappa shape index (κ2) is 4.20. The van der Waals surface area contributed by atoms with Gasteiger partial charge in [0.15, 0.2) is 5.03 Å². The molecular formula is C7H5F3N2O4S. The van der Waals surface area contributed by atoms with Crippen molar-refractivity contribution in [2.75, 3.05) is 0 Å². The van der Waals surface area contributed by atoms with Gasteiger partial charge >= 0.3 is 12.3 Å². The Morgan fingerprint density at radius 2 is 2.00 bits per heavy atom. The van der Waals surface area contributed by atoms with Gasteiger partial charge in [-0.1, -0.05) is 0 Å². The van der Waals surface area contributed by atoms with Crippen molar-refractivity contribution in [1.82, 2.24) is 9.71 Å². The van der Waals surface area contributed by atoms with Crippen LogP contribution in [-0.2, 0) is 16.2 Å². The number of carbonyl (C=O) groups is 1. The third-order valence-corrected chi connectivity index (χ3v) is 2.83. The molecule has 0 saturated carbocycles. The molecule has 10 heteroatoms. The minimum absolute atomic E-state index is 0.489. The van der Waals surface area contributed by atoms with Gasteiger partial charge in [0, 0.05) is 6.20 Å². The summed E-state index contributed by atoms with van der Waals surface area (Å²) in [6.07, 6.45) is -6.13. The molecule has 0 unspecified atom stereocenters. The first-order valence-electron chi connectivity index (χ1n) is 3.92. The van der Waals surface area contributed by atoms with E-state index in [0.29, 0.717) is 6.07 Å². The smallest absolute Gasteiger partial charge is 0.419 e. The van der Waals surface area contributed by atoms with Gasteiger partial charge in [-0.15, -0.1) is 0 Å². The molecule has 0 aromatic carbocycles. The quantitative estimate of drug-likeness (QED) is 0.837. The van der Waals surface area contributed by atoms with Crippen LogP contribution in [0.4, 0.5) is 18.0 Å². The first-order valence-corrected chi connectivity index (χ1v) is 5.41. The molecule has 0 saturated heterocycles. The molecule has 6 nitrogen and oxygen atoms in total. The fourth-order valence-corrected chi connectivity index (χ4v) is 1.98. The third kappa shape index (κ3) is 3.06. The van der Waals surface area contributed by atoms with Gasteiger partial charge in [0.25, 0.3) is 10.0 Å². The van der Waals surface area contributed by atoms with E-state index in [-0.39, 0.29) is 0 Å². The van der Waals surface area contributed by atoms with Crippen molar-refractivity contribution in [2.24, 2.45) is 0 Å². The summed E-state index contributed by atoms with van der Waals surface area (Å²) in [7, 11) is -4.85. The molecule has 0 bridgehead atoms. The van der Waals surface area contributed by atoms with Crippen LogP contribution in [0.3, 0.4) is 0 Å². The van der Waals surface area contributed by atoms with Gasteiger partial charge in [0.2, 0.25) is 0 Å². The average Bonchev–Trinajstić information content (AvgIpc) is 2.14. The Labute approximate surface area is 93.1 Å². The number of sulfonamides is 1. The van der Waals surface area contributed by atoms with Crippen LogP contribution in [0.2, 0.25) is 0 Å². The highest BCUT2D eigenvalue weighted by Crippen LogP contribution is 2.32. The predicted molar refractivity (Wildman–Crippen MR) is 47.6 cm³/mol. The molecule has 17 heavy (non-hydrogen) atoms. The second-order valence-corrected chi connectivity index (χ2v) is 4.36. The van der Waals surface area contributed by atoms with Crippen molar-refractivity contribution < 1.29 is 31.5 Å². The minimum atomic E-state index is -4.95. The Hall–Kier alpha value is -1.84. The summed E-state index contributed by atoms with van der Waals surface area (Å²) in [5.41, 5.74) is -1.53. The van der Waals surface area contributed by atoms with Crippen molar-refractivity contribution in [3.63, 3.8) is 0 Å². The van der Waals surface area contributed by atoms with E-state index in [1.807, 2.05) is 0 Å². The lowest BCUT2D eigenvalue weighted by atomic mass is 10.3. The van der Waals surface area contributed by atoms with Gasteiger partial charge in [-0.2, -0.15) is 21.6 Å². The number of rotatable bonds is 2. The molecule has 94 valence electrons. The van der Waals surface area contributed by atoms with E-state index >= 15 is 0 Å². The molecule has 1 aromatic rings. The highest BCUT2D eigenvalue weighted by Gasteiger charge is 2.38. The molecule has 1 heterocycles. The molecule has 1 aromatic heterocycles. The Balaban J connectivity index is 3.38. The molecule has 1 amide bonds. The fraction of sp³-hybridized carbons (Fsp3) is 0.143. The van der Waals surface area contributed by atoms with E-state index in [1.54, 1.807) is 0 Å². The predicted octanol–water partition coefficient (Wildman–Crippen LogP) is 1.06. The zero-order valence-corrected chi connectivity index (χ0v) is 8.71. The van der Waals surface area contributed by atoms with Gasteiger partial charge in [0.05, 0.1) is 5.56 Å². The van der Waals surface area contributed by atoms with E-state index in [2.05, 4.69) is 4.98 Å². The van der Waals surface area contributed by atoms with Crippen LogP contribution < -0.4 is 4.72 Å². The standard InChI is InChI=1S/C7H5F3N2O4S/c8-7(9,10)4-2-1-3-11-5(4)17(15,16)12-6(13)14/h1-3,12H,(H,13,14). The SMILES string of the molecule is O=C(O)NS(=O)(=O)c1ncccc1C(F)(F)F. The molecule has 0 aliphatic rings. The summed E-state index contributed by atoms with van der Waals surface area (Å²) in [5, 5.41) is 6.83. The zero-order chi connectivity index (χ0) is 13.3. The Bertz CT molecular complexity index is 540. The molecular weight excluding hydrogens is 265 g/mol. The molecule has 1 rings (SSSR count). The van der Waals surface area contributed by atoms with E-state index in [9.17, 15) is 26.4 Å². The second-order valence-electron chi connectivity index (χ2n) is 2.76. The average molecular weight is 270 g/mol. The van der Waals surface area contributed by atoms with E-state index < -0.39 is 32.9 Å². The highest BCUT2D eigenvalue weighted by atomic mass is 32.2. The number of pyridine rings is 1. The number of hydrogen-bond acceptors (Lipinski definition) is 4. The lowest BCUT2D eigenvalue weighted by Gasteiger charge is -2.11. The molecule has 0 spiro atoms. The van der Waals surface area contributed by atoms with Crippen molar-refractivity contribution in [3.05, 3.63) is 23.9 Å². The molecule has 0 fully saturated rings. The molecule has 0 atom stereocenters. The lowest BCUT2D eigenvalue weighted by molar-refractivity contribution is -0.140. The van der Waals surface area contributed by atoms with E-state index in [4.69, 9.17) is 5.11 Å². The van der Waals surface area contributed by atoms with Crippen molar-refractivity contribution in [2.45, 2.75) is 11.2 Å².